The molecule has 0 atom stereocenters. The Hall–Kier alpha value is -2.67. The van der Waals surface area contributed by atoms with Crippen molar-refractivity contribution < 1.29 is 0 Å². The minimum absolute atomic E-state index is 0. The molecule has 0 aliphatic heterocycles. The average molecular weight is 383 g/mol. The van der Waals surface area contributed by atoms with Crippen molar-refractivity contribution in [3.63, 3.8) is 0 Å². The van der Waals surface area contributed by atoms with Crippen molar-refractivity contribution in [3.8, 4) is 0 Å². The largest absolute Gasteiger partial charge is 0.330 e. The molecule has 3 aromatic rings. The van der Waals surface area contributed by atoms with Crippen LogP contribution < -0.4 is 17.2 Å². The fraction of sp³-hybridized carbons (Fsp3) is 0.318. The summed E-state index contributed by atoms with van der Waals surface area (Å²) in [6, 6.07) is 13.5. The first-order valence-electron chi connectivity index (χ1n) is 9.09. The molecule has 152 valence electrons. The number of aromatic nitrogens is 3. The van der Waals surface area contributed by atoms with Crippen LogP contribution in [0.3, 0.4) is 0 Å². The number of nitrogens with zero attached hydrogens (tertiary/aromatic N) is 3. The summed E-state index contributed by atoms with van der Waals surface area (Å²) >= 11 is 0. The predicted octanol–water partition coefficient (Wildman–Crippen LogP) is 2.38. The molecule has 6 heteroatoms. The van der Waals surface area contributed by atoms with Crippen molar-refractivity contribution >= 4 is 0 Å². The standard InChI is InChI=1S/C11H20N4.2C5H5N.CH4/c12-5-1-9-4-8-15-11(3-7-14)10(9)2-6-13;2*1-2-4-6-5-3-1;/h4,8H,1-3,5-7,12-14H2;2*1-5H;1H4. The van der Waals surface area contributed by atoms with E-state index in [4.69, 9.17) is 17.2 Å². The summed E-state index contributed by atoms with van der Waals surface area (Å²) < 4.78 is 0. The van der Waals surface area contributed by atoms with Crippen LogP contribution in [0.2, 0.25) is 0 Å². The van der Waals surface area contributed by atoms with Gasteiger partial charge >= 0.3 is 0 Å². The van der Waals surface area contributed by atoms with Crippen molar-refractivity contribution in [2.75, 3.05) is 19.6 Å². The molecule has 0 spiro atoms. The second-order valence-corrected chi connectivity index (χ2v) is 5.56. The highest BCUT2D eigenvalue weighted by Gasteiger charge is 2.07. The normalized spacial score (nSPS) is 9.11. The molecule has 0 aliphatic carbocycles. The molecular formula is C22H34N6. The van der Waals surface area contributed by atoms with Crippen LogP contribution in [0.4, 0.5) is 0 Å². The average Bonchev–Trinajstić information content (AvgIpc) is 2.74. The van der Waals surface area contributed by atoms with Crippen LogP contribution in [0.1, 0.15) is 24.2 Å². The third kappa shape index (κ3) is 11.1. The number of pyridine rings is 3. The highest BCUT2D eigenvalue weighted by atomic mass is 14.7. The SMILES string of the molecule is C.NCCc1ccnc(CCN)c1CCN.c1ccncc1.c1ccncc1. The van der Waals surface area contributed by atoms with Crippen LogP contribution in [0, 0.1) is 0 Å². The molecule has 0 saturated carbocycles. The zero-order valence-electron chi connectivity index (χ0n) is 15.7. The molecule has 0 aromatic carbocycles. The van der Waals surface area contributed by atoms with Crippen LogP contribution in [0.25, 0.3) is 0 Å². The van der Waals surface area contributed by atoms with E-state index in [2.05, 4.69) is 15.0 Å². The summed E-state index contributed by atoms with van der Waals surface area (Å²) in [5.41, 5.74) is 20.3. The highest BCUT2D eigenvalue weighted by molar-refractivity contribution is 5.31. The van der Waals surface area contributed by atoms with Crippen molar-refractivity contribution in [1.29, 1.82) is 0 Å². The molecule has 3 aromatic heterocycles. The number of rotatable bonds is 6. The van der Waals surface area contributed by atoms with Gasteiger partial charge < -0.3 is 17.2 Å². The van der Waals surface area contributed by atoms with Crippen LogP contribution in [-0.4, -0.2) is 34.6 Å². The van der Waals surface area contributed by atoms with Crippen LogP contribution >= 0.6 is 0 Å². The lowest BCUT2D eigenvalue weighted by atomic mass is 9.99. The molecule has 3 heterocycles. The third-order valence-corrected chi connectivity index (χ3v) is 3.56. The Labute approximate surface area is 169 Å². The molecule has 0 unspecified atom stereocenters. The van der Waals surface area contributed by atoms with E-state index in [1.807, 2.05) is 48.7 Å². The quantitative estimate of drug-likeness (QED) is 0.602. The summed E-state index contributed by atoms with van der Waals surface area (Å²) in [7, 11) is 0. The van der Waals surface area contributed by atoms with Crippen molar-refractivity contribution in [2.24, 2.45) is 17.2 Å². The van der Waals surface area contributed by atoms with Crippen molar-refractivity contribution in [2.45, 2.75) is 26.7 Å². The number of nitrogens with two attached hydrogens (primary N) is 3. The van der Waals surface area contributed by atoms with Crippen molar-refractivity contribution in [3.05, 3.63) is 90.3 Å². The molecule has 0 amide bonds. The van der Waals surface area contributed by atoms with E-state index in [1.54, 1.807) is 24.8 Å². The van der Waals surface area contributed by atoms with Gasteiger partial charge in [0, 0.05) is 43.1 Å². The topological polar surface area (TPSA) is 117 Å². The van der Waals surface area contributed by atoms with E-state index in [0.29, 0.717) is 19.6 Å². The first kappa shape index (κ1) is 25.3. The van der Waals surface area contributed by atoms with Gasteiger partial charge in [0.15, 0.2) is 0 Å². The van der Waals surface area contributed by atoms with E-state index < -0.39 is 0 Å². The van der Waals surface area contributed by atoms with Gasteiger partial charge in [-0.05, 0) is 73.9 Å². The summed E-state index contributed by atoms with van der Waals surface area (Å²) in [6.45, 7) is 1.92. The van der Waals surface area contributed by atoms with Gasteiger partial charge in [0.25, 0.3) is 0 Å². The summed E-state index contributed by atoms with van der Waals surface area (Å²) in [5.74, 6) is 0. The van der Waals surface area contributed by atoms with Gasteiger partial charge in [-0.1, -0.05) is 19.6 Å². The van der Waals surface area contributed by atoms with E-state index in [0.717, 1.165) is 25.0 Å². The Bertz CT molecular complexity index is 583. The lowest BCUT2D eigenvalue weighted by Crippen LogP contribution is -2.14. The maximum absolute atomic E-state index is 5.60. The Morgan fingerprint density at radius 1 is 0.607 bits per heavy atom. The molecule has 0 radical (unpaired) electrons. The van der Waals surface area contributed by atoms with Gasteiger partial charge in [-0.2, -0.15) is 0 Å². The molecular weight excluding hydrogens is 348 g/mol. The molecule has 0 saturated heterocycles. The molecule has 6 nitrogen and oxygen atoms in total. The van der Waals surface area contributed by atoms with E-state index >= 15 is 0 Å². The molecule has 28 heavy (non-hydrogen) atoms. The predicted molar refractivity (Wildman–Crippen MR) is 118 cm³/mol. The lowest BCUT2D eigenvalue weighted by Gasteiger charge is -2.12. The Morgan fingerprint density at radius 3 is 1.46 bits per heavy atom. The second-order valence-electron chi connectivity index (χ2n) is 5.56. The highest BCUT2D eigenvalue weighted by Crippen LogP contribution is 2.14. The van der Waals surface area contributed by atoms with Gasteiger partial charge in [0.2, 0.25) is 0 Å². The van der Waals surface area contributed by atoms with Crippen LogP contribution in [0.15, 0.2) is 73.4 Å². The number of hydrogen-bond acceptors (Lipinski definition) is 6. The smallest absolute Gasteiger partial charge is 0.0451 e. The van der Waals surface area contributed by atoms with Gasteiger partial charge in [-0.25, -0.2) is 0 Å². The summed E-state index contributed by atoms with van der Waals surface area (Å²) in [5, 5.41) is 0. The fourth-order valence-corrected chi connectivity index (χ4v) is 2.40. The van der Waals surface area contributed by atoms with Gasteiger partial charge in [-0.15, -0.1) is 0 Å². The molecule has 0 aliphatic rings. The Balaban J connectivity index is 0.000000459. The van der Waals surface area contributed by atoms with E-state index in [1.165, 1.54) is 11.1 Å². The first-order chi connectivity index (χ1) is 13.3. The van der Waals surface area contributed by atoms with Gasteiger partial charge in [-0.3, -0.25) is 15.0 Å². The van der Waals surface area contributed by atoms with Crippen LogP contribution in [0.5, 0.6) is 0 Å². The summed E-state index contributed by atoms with van der Waals surface area (Å²) in [4.78, 5) is 11.9. The minimum atomic E-state index is 0. The second kappa shape index (κ2) is 17.7. The van der Waals surface area contributed by atoms with E-state index in [9.17, 15) is 0 Å². The monoisotopic (exact) mass is 382 g/mol. The lowest BCUT2D eigenvalue weighted by molar-refractivity contribution is 0.837. The van der Waals surface area contributed by atoms with Crippen molar-refractivity contribution in [1.82, 2.24) is 15.0 Å². The van der Waals surface area contributed by atoms with Crippen LogP contribution in [-0.2, 0) is 19.3 Å². The molecule has 3 rings (SSSR count). The van der Waals surface area contributed by atoms with E-state index in [-0.39, 0.29) is 7.43 Å². The Morgan fingerprint density at radius 2 is 1.11 bits per heavy atom. The maximum atomic E-state index is 5.60. The molecule has 6 N–H and O–H groups in total. The minimum Gasteiger partial charge on any atom is -0.330 e. The first-order valence-corrected chi connectivity index (χ1v) is 9.09. The Kier molecular flexibility index (Phi) is 16.0. The molecule has 0 bridgehead atoms. The maximum Gasteiger partial charge on any atom is 0.0451 e. The zero-order valence-corrected chi connectivity index (χ0v) is 15.7. The number of hydrogen-bond donors (Lipinski definition) is 3. The summed E-state index contributed by atoms with van der Waals surface area (Å²) in [6.07, 6.45) is 11.4. The third-order valence-electron chi connectivity index (χ3n) is 3.56. The zero-order chi connectivity index (χ0) is 19.6. The van der Waals surface area contributed by atoms with Gasteiger partial charge in [0.05, 0.1) is 0 Å². The molecule has 0 fully saturated rings. The van der Waals surface area contributed by atoms with Gasteiger partial charge in [0.1, 0.15) is 0 Å². The fourth-order valence-electron chi connectivity index (χ4n) is 2.40.